The van der Waals surface area contributed by atoms with Crippen molar-refractivity contribution in [2.75, 3.05) is 35.2 Å². The summed E-state index contributed by atoms with van der Waals surface area (Å²) in [7, 11) is 8.56. The lowest BCUT2D eigenvalue weighted by Gasteiger charge is -2.05. The van der Waals surface area contributed by atoms with Gasteiger partial charge in [0.2, 0.25) is 17.7 Å². The standard InChI is InChI=1S/C5H11NO.C4H9NO.C3H7NO/c1-4-5(7)6(2)3;1-4(6)5(2)3;1-3(5)4-2/h4H2,1-3H3;1-3H3;1-2H3,(H,4,5). The monoisotopic (exact) mass is 261 g/mol. The first-order chi connectivity index (χ1) is 8.09. The molecule has 0 unspecified atom stereocenters. The van der Waals surface area contributed by atoms with Crippen molar-refractivity contribution < 1.29 is 14.4 Å². The van der Waals surface area contributed by atoms with E-state index in [0.717, 1.165) is 0 Å². The van der Waals surface area contributed by atoms with E-state index < -0.39 is 0 Å². The van der Waals surface area contributed by atoms with Crippen molar-refractivity contribution in [3.63, 3.8) is 0 Å². The van der Waals surface area contributed by atoms with Crippen LogP contribution in [0.25, 0.3) is 0 Å². The van der Waals surface area contributed by atoms with Gasteiger partial charge in [0.05, 0.1) is 0 Å². The number of hydrogen-bond acceptors (Lipinski definition) is 3. The van der Waals surface area contributed by atoms with Crippen LogP contribution in [0.3, 0.4) is 0 Å². The fraction of sp³-hybridized carbons (Fsp3) is 0.750. The summed E-state index contributed by atoms with van der Waals surface area (Å²) in [6.07, 6.45) is 0.604. The molecule has 6 nitrogen and oxygen atoms in total. The predicted octanol–water partition coefficient (Wildman–Crippen LogP) is 0.331. The van der Waals surface area contributed by atoms with Crippen LogP contribution in [-0.2, 0) is 14.4 Å². The van der Waals surface area contributed by atoms with E-state index in [1.807, 2.05) is 6.92 Å². The van der Waals surface area contributed by atoms with Crippen LogP contribution in [0.5, 0.6) is 0 Å². The van der Waals surface area contributed by atoms with Crippen molar-refractivity contribution in [3.8, 4) is 0 Å². The van der Waals surface area contributed by atoms with Gasteiger partial charge >= 0.3 is 0 Å². The number of rotatable bonds is 1. The third-order valence-corrected chi connectivity index (χ3v) is 1.78. The smallest absolute Gasteiger partial charge is 0.221 e. The van der Waals surface area contributed by atoms with Crippen LogP contribution >= 0.6 is 0 Å². The average Bonchev–Trinajstić information content (AvgIpc) is 2.29. The summed E-state index contributed by atoms with van der Waals surface area (Å²) in [6.45, 7) is 4.85. The van der Waals surface area contributed by atoms with Gasteiger partial charge in [-0.2, -0.15) is 0 Å². The number of carbonyl (C=O) groups is 3. The molecule has 0 saturated heterocycles. The Labute approximate surface area is 110 Å². The van der Waals surface area contributed by atoms with Gasteiger partial charge in [0.25, 0.3) is 0 Å². The molecule has 108 valence electrons. The summed E-state index contributed by atoms with van der Waals surface area (Å²) in [6, 6.07) is 0. The summed E-state index contributed by atoms with van der Waals surface area (Å²) in [5.41, 5.74) is 0. The second-order valence-electron chi connectivity index (χ2n) is 3.86. The highest BCUT2D eigenvalue weighted by Gasteiger charge is 1.95. The highest BCUT2D eigenvalue weighted by molar-refractivity contribution is 5.75. The molecule has 0 aliphatic carbocycles. The van der Waals surface area contributed by atoms with Crippen molar-refractivity contribution in [1.29, 1.82) is 0 Å². The minimum absolute atomic E-state index is 0.00463. The molecule has 0 bridgehead atoms. The van der Waals surface area contributed by atoms with E-state index in [4.69, 9.17) is 0 Å². The molecule has 0 rings (SSSR count). The van der Waals surface area contributed by atoms with Crippen LogP contribution in [0.4, 0.5) is 0 Å². The molecule has 0 aliphatic rings. The van der Waals surface area contributed by atoms with Gasteiger partial charge in [0.15, 0.2) is 0 Å². The Hall–Kier alpha value is -1.59. The lowest BCUT2D eigenvalue weighted by molar-refractivity contribution is -0.128. The summed E-state index contributed by atoms with van der Waals surface area (Å²) in [5, 5.41) is 2.39. The zero-order valence-corrected chi connectivity index (χ0v) is 12.8. The second-order valence-corrected chi connectivity index (χ2v) is 3.86. The minimum Gasteiger partial charge on any atom is -0.359 e. The molecular formula is C12H27N3O3. The molecule has 0 aromatic rings. The summed E-state index contributed by atoms with van der Waals surface area (Å²) < 4.78 is 0. The summed E-state index contributed by atoms with van der Waals surface area (Å²) in [5.74, 6) is 0.278. The quantitative estimate of drug-likeness (QED) is 0.739. The Morgan fingerprint density at radius 1 is 0.944 bits per heavy atom. The number of carbonyl (C=O) groups excluding carboxylic acids is 3. The number of nitrogens with zero attached hydrogens (tertiary/aromatic N) is 2. The molecule has 0 spiro atoms. The van der Waals surface area contributed by atoms with Crippen LogP contribution in [0.2, 0.25) is 0 Å². The van der Waals surface area contributed by atoms with Gasteiger partial charge in [-0.15, -0.1) is 0 Å². The fourth-order valence-electron chi connectivity index (χ4n) is 0.316. The zero-order chi connectivity index (χ0) is 15.3. The first-order valence-corrected chi connectivity index (χ1v) is 5.66. The van der Waals surface area contributed by atoms with Gasteiger partial charge in [-0.05, 0) is 0 Å². The zero-order valence-electron chi connectivity index (χ0n) is 12.8. The molecule has 6 heteroatoms. The van der Waals surface area contributed by atoms with E-state index in [-0.39, 0.29) is 17.7 Å². The Balaban J connectivity index is -0.000000190. The fourth-order valence-corrected chi connectivity index (χ4v) is 0.316. The molecule has 3 amide bonds. The summed E-state index contributed by atoms with van der Waals surface area (Å²) >= 11 is 0. The Bertz CT molecular complexity index is 251. The summed E-state index contributed by atoms with van der Waals surface area (Å²) in [4.78, 5) is 33.3. The third kappa shape index (κ3) is 23.9. The number of hydrogen-bond donors (Lipinski definition) is 1. The largest absolute Gasteiger partial charge is 0.359 e. The molecule has 0 aromatic heterocycles. The van der Waals surface area contributed by atoms with Crippen LogP contribution < -0.4 is 5.32 Å². The highest BCUT2D eigenvalue weighted by Crippen LogP contribution is 1.81. The maximum atomic E-state index is 10.4. The topological polar surface area (TPSA) is 69.7 Å². The van der Waals surface area contributed by atoms with E-state index in [2.05, 4.69) is 5.32 Å². The van der Waals surface area contributed by atoms with Gasteiger partial charge in [0.1, 0.15) is 0 Å². The van der Waals surface area contributed by atoms with Gasteiger partial charge in [-0.1, -0.05) is 6.92 Å². The molecule has 0 heterocycles. The van der Waals surface area contributed by atoms with E-state index in [1.54, 1.807) is 40.1 Å². The first kappa shape index (κ1) is 21.7. The Morgan fingerprint density at radius 2 is 1.22 bits per heavy atom. The van der Waals surface area contributed by atoms with E-state index >= 15 is 0 Å². The average molecular weight is 261 g/mol. The van der Waals surface area contributed by atoms with Crippen LogP contribution in [0.1, 0.15) is 27.2 Å². The van der Waals surface area contributed by atoms with Crippen molar-refractivity contribution >= 4 is 17.7 Å². The molecule has 18 heavy (non-hydrogen) atoms. The lowest BCUT2D eigenvalue weighted by atomic mass is 10.4. The van der Waals surface area contributed by atoms with Gasteiger partial charge in [-0.3, -0.25) is 14.4 Å². The normalized spacial score (nSPS) is 7.78. The minimum atomic E-state index is 0.00463. The predicted molar refractivity (Wildman–Crippen MR) is 73.1 cm³/mol. The van der Waals surface area contributed by atoms with Crippen molar-refractivity contribution in [3.05, 3.63) is 0 Å². The van der Waals surface area contributed by atoms with Crippen LogP contribution in [0, 0.1) is 0 Å². The highest BCUT2D eigenvalue weighted by atomic mass is 16.2. The molecule has 0 aliphatic heterocycles. The number of amides is 3. The molecule has 0 saturated carbocycles. The van der Waals surface area contributed by atoms with E-state index in [0.29, 0.717) is 6.42 Å². The van der Waals surface area contributed by atoms with Crippen LogP contribution in [-0.4, -0.2) is 62.8 Å². The SMILES string of the molecule is CC(=O)N(C)C.CCC(=O)N(C)C.CNC(C)=O. The lowest BCUT2D eigenvalue weighted by Crippen LogP contribution is -2.19. The molecule has 0 radical (unpaired) electrons. The molecule has 0 fully saturated rings. The molecular weight excluding hydrogens is 234 g/mol. The Morgan fingerprint density at radius 3 is 1.22 bits per heavy atom. The molecule has 0 aromatic carbocycles. The van der Waals surface area contributed by atoms with Gasteiger partial charge in [0, 0.05) is 55.5 Å². The van der Waals surface area contributed by atoms with E-state index in [1.165, 1.54) is 18.7 Å². The van der Waals surface area contributed by atoms with E-state index in [9.17, 15) is 14.4 Å². The Kier molecular flexibility index (Phi) is 16.2. The van der Waals surface area contributed by atoms with Crippen LogP contribution in [0.15, 0.2) is 0 Å². The maximum Gasteiger partial charge on any atom is 0.221 e. The number of nitrogens with one attached hydrogen (secondary N) is 1. The van der Waals surface area contributed by atoms with Crippen molar-refractivity contribution in [2.24, 2.45) is 0 Å². The maximum absolute atomic E-state index is 10.4. The third-order valence-electron chi connectivity index (χ3n) is 1.78. The molecule has 1 N–H and O–H groups in total. The van der Waals surface area contributed by atoms with Gasteiger partial charge in [-0.25, -0.2) is 0 Å². The van der Waals surface area contributed by atoms with Gasteiger partial charge < -0.3 is 15.1 Å². The first-order valence-electron chi connectivity index (χ1n) is 5.66. The van der Waals surface area contributed by atoms with Crippen molar-refractivity contribution in [2.45, 2.75) is 27.2 Å². The molecule has 0 atom stereocenters. The van der Waals surface area contributed by atoms with Crippen molar-refractivity contribution in [1.82, 2.24) is 15.1 Å². The second kappa shape index (κ2) is 13.5.